The van der Waals surface area contributed by atoms with Crippen LogP contribution in [0.4, 0.5) is 5.95 Å². The van der Waals surface area contributed by atoms with E-state index in [1.807, 2.05) is 0 Å². The summed E-state index contributed by atoms with van der Waals surface area (Å²) in [6.45, 7) is 0.0381. The third kappa shape index (κ3) is 2.21. The van der Waals surface area contributed by atoms with Gasteiger partial charge >= 0.3 is 0 Å². The van der Waals surface area contributed by atoms with Crippen molar-refractivity contribution in [3.8, 4) is 5.88 Å². The summed E-state index contributed by atoms with van der Waals surface area (Å²) in [6.07, 6.45) is 1.34. The van der Waals surface area contributed by atoms with Crippen LogP contribution in [0.1, 0.15) is 0 Å². The Hall–Kier alpha value is -1.07. The minimum atomic E-state index is -0.0970. The molecule has 0 bridgehead atoms. The van der Waals surface area contributed by atoms with E-state index in [1.54, 1.807) is 0 Å². The molecule has 1 rings (SSSR count). The summed E-state index contributed by atoms with van der Waals surface area (Å²) in [6, 6.07) is 0. The van der Waals surface area contributed by atoms with Gasteiger partial charge in [-0.3, -0.25) is 0 Å². The second kappa shape index (κ2) is 4.08. The van der Waals surface area contributed by atoms with Gasteiger partial charge in [0, 0.05) is 0 Å². The van der Waals surface area contributed by atoms with Crippen LogP contribution in [0.5, 0.6) is 5.88 Å². The zero-order chi connectivity index (χ0) is 8.97. The number of aliphatic hydroxyl groups is 1. The van der Waals surface area contributed by atoms with Crippen LogP contribution in [0.3, 0.4) is 0 Å². The molecule has 0 aromatic carbocycles. The van der Waals surface area contributed by atoms with Crippen molar-refractivity contribution in [3.05, 3.63) is 11.2 Å². The summed E-state index contributed by atoms with van der Waals surface area (Å²) in [5, 5.41) is 8.72. The van der Waals surface area contributed by atoms with E-state index < -0.39 is 0 Å². The van der Waals surface area contributed by atoms with E-state index in [-0.39, 0.29) is 30.1 Å². The molecule has 66 valence electrons. The number of nitrogens with zero attached hydrogens (tertiary/aromatic N) is 2. The van der Waals surface area contributed by atoms with Crippen LogP contribution in [0, 0.1) is 0 Å². The zero-order valence-electron chi connectivity index (χ0n) is 6.20. The van der Waals surface area contributed by atoms with Crippen LogP contribution in [0.2, 0.25) is 5.02 Å². The maximum atomic E-state index is 8.45. The Morgan fingerprint density at radius 2 is 2.42 bits per heavy atom. The molecule has 0 aliphatic heterocycles. The average Bonchev–Trinajstić information content (AvgIpc) is 2.07. The number of nitrogen functional groups attached to an aromatic ring is 1. The lowest BCUT2D eigenvalue weighted by Crippen LogP contribution is -2.05. The molecule has 5 nitrogen and oxygen atoms in total. The molecule has 6 heteroatoms. The largest absolute Gasteiger partial charge is 0.474 e. The summed E-state index contributed by atoms with van der Waals surface area (Å²) in [5.74, 6) is 0.283. The Morgan fingerprint density at radius 3 is 3.08 bits per heavy atom. The van der Waals surface area contributed by atoms with E-state index in [0.717, 1.165) is 0 Å². The summed E-state index contributed by atoms with van der Waals surface area (Å²) >= 11 is 5.64. The number of ether oxygens (including phenoxy) is 1. The van der Waals surface area contributed by atoms with Crippen LogP contribution in [0.25, 0.3) is 0 Å². The van der Waals surface area contributed by atoms with Crippen molar-refractivity contribution < 1.29 is 9.84 Å². The first kappa shape index (κ1) is 9.02. The number of hydrogen-bond donors (Lipinski definition) is 2. The minimum absolute atomic E-state index is 0.0901. The first-order chi connectivity index (χ1) is 5.74. The van der Waals surface area contributed by atoms with Gasteiger partial charge < -0.3 is 15.6 Å². The van der Waals surface area contributed by atoms with E-state index in [1.165, 1.54) is 6.20 Å². The number of anilines is 1. The van der Waals surface area contributed by atoms with Gasteiger partial charge in [-0.1, -0.05) is 11.6 Å². The van der Waals surface area contributed by atoms with Crippen molar-refractivity contribution in [2.75, 3.05) is 18.9 Å². The molecule has 0 aliphatic rings. The second-order valence-corrected chi connectivity index (χ2v) is 2.36. The molecule has 0 saturated heterocycles. The molecular formula is C6H8ClN3O2. The second-order valence-electron chi connectivity index (χ2n) is 1.95. The first-order valence-electron chi connectivity index (χ1n) is 3.25. The van der Waals surface area contributed by atoms with Crippen molar-refractivity contribution in [1.82, 2.24) is 9.97 Å². The molecule has 1 heterocycles. The molecule has 0 amide bonds. The van der Waals surface area contributed by atoms with Crippen molar-refractivity contribution in [2.45, 2.75) is 0 Å². The van der Waals surface area contributed by atoms with Gasteiger partial charge in [-0.25, -0.2) is 4.98 Å². The monoisotopic (exact) mass is 189 g/mol. The van der Waals surface area contributed by atoms with Gasteiger partial charge in [0.05, 0.1) is 12.8 Å². The Labute approximate surface area is 74.2 Å². The van der Waals surface area contributed by atoms with Gasteiger partial charge in [0.25, 0.3) is 0 Å². The molecule has 0 spiro atoms. The van der Waals surface area contributed by atoms with Crippen LogP contribution >= 0.6 is 11.6 Å². The molecule has 0 atom stereocenters. The molecule has 0 saturated carbocycles. The lowest BCUT2D eigenvalue weighted by Gasteiger charge is -2.04. The molecule has 1 aromatic rings. The summed E-state index contributed by atoms with van der Waals surface area (Å²) < 4.78 is 4.95. The van der Waals surface area contributed by atoms with Gasteiger partial charge in [-0.05, 0) is 0 Å². The number of hydrogen-bond acceptors (Lipinski definition) is 5. The SMILES string of the molecule is Nc1ncc(Cl)c(OCCO)n1. The minimum Gasteiger partial charge on any atom is -0.474 e. The van der Waals surface area contributed by atoms with Gasteiger partial charge in [0.1, 0.15) is 11.6 Å². The number of aromatic nitrogens is 2. The molecule has 3 N–H and O–H groups in total. The maximum absolute atomic E-state index is 8.45. The average molecular weight is 190 g/mol. The molecule has 1 aromatic heterocycles. The third-order valence-electron chi connectivity index (χ3n) is 1.06. The van der Waals surface area contributed by atoms with E-state index >= 15 is 0 Å². The highest BCUT2D eigenvalue weighted by atomic mass is 35.5. The molecule has 0 aliphatic carbocycles. The van der Waals surface area contributed by atoms with E-state index in [9.17, 15) is 0 Å². The Bertz CT molecular complexity index is 269. The molecule has 0 unspecified atom stereocenters. The molecule has 0 fully saturated rings. The summed E-state index contributed by atoms with van der Waals surface area (Å²) in [5.41, 5.74) is 5.28. The number of rotatable bonds is 3. The van der Waals surface area contributed by atoms with Gasteiger partial charge in [-0.2, -0.15) is 4.98 Å². The molecule has 12 heavy (non-hydrogen) atoms. The number of aliphatic hydroxyl groups excluding tert-OH is 1. The van der Waals surface area contributed by atoms with Crippen LogP contribution in [-0.4, -0.2) is 28.3 Å². The van der Waals surface area contributed by atoms with Crippen molar-refractivity contribution in [1.29, 1.82) is 0 Å². The molecular weight excluding hydrogens is 182 g/mol. The van der Waals surface area contributed by atoms with Gasteiger partial charge in [0.15, 0.2) is 0 Å². The standard InChI is InChI=1S/C6H8ClN3O2/c7-4-3-9-6(8)10-5(4)12-2-1-11/h3,11H,1-2H2,(H2,8,9,10). The van der Waals surface area contributed by atoms with Gasteiger partial charge in [-0.15, -0.1) is 0 Å². The fourth-order valence-electron chi connectivity index (χ4n) is 0.608. The van der Waals surface area contributed by atoms with E-state index in [2.05, 4.69) is 9.97 Å². The highest BCUT2D eigenvalue weighted by Gasteiger charge is 2.03. The summed E-state index contributed by atoms with van der Waals surface area (Å²) in [7, 11) is 0. The quantitative estimate of drug-likeness (QED) is 0.704. The predicted molar refractivity (Wildman–Crippen MR) is 44.0 cm³/mol. The van der Waals surface area contributed by atoms with Crippen molar-refractivity contribution in [3.63, 3.8) is 0 Å². The fourth-order valence-corrected chi connectivity index (χ4v) is 0.753. The first-order valence-corrected chi connectivity index (χ1v) is 3.63. The van der Waals surface area contributed by atoms with E-state index in [0.29, 0.717) is 0 Å². The van der Waals surface area contributed by atoms with Crippen LogP contribution in [-0.2, 0) is 0 Å². The Morgan fingerprint density at radius 1 is 1.67 bits per heavy atom. The van der Waals surface area contributed by atoms with Crippen molar-refractivity contribution >= 4 is 17.5 Å². The fraction of sp³-hybridized carbons (Fsp3) is 0.333. The highest BCUT2D eigenvalue weighted by molar-refractivity contribution is 6.31. The predicted octanol–water partition coefficient (Wildman–Crippen LogP) is 0.0833. The highest BCUT2D eigenvalue weighted by Crippen LogP contribution is 2.20. The number of nitrogens with two attached hydrogens (primary N) is 1. The summed E-state index contributed by atoms with van der Waals surface area (Å²) in [4.78, 5) is 7.35. The normalized spacial score (nSPS) is 9.83. The Kier molecular flexibility index (Phi) is 3.07. The number of halogens is 1. The third-order valence-corrected chi connectivity index (χ3v) is 1.32. The molecule has 0 radical (unpaired) electrons. The lowest BCUT2D eigenvalue weighted by atomic mass is 10.6. The maximum Gasteiger partial charge on any atom is 0.237 e. The smallest absolute Gasteiger partial charge is 0.237 e. The van der Waals surface area contributed by atoms with E-state index in [4.69, 9.17) is 27.2 Å². The van der Waals surface area contributed by atoms with Crippen molar-refractivity contribution in [2.24, 2.45) is 0 Å². The van der Waals surface area contributed by atoms with Crippen LogP contribution < -0.4 is 10.5 Å². The van der Waals surface area contributed by atoms with Crippen LogP contribution in [0.15, 0.2) is 6.20 Å². The zero-order valence-corrected chi connectivity index (χ0v) is 6.95. The van der Waals surface area contributed by atoms with Gasteiger partial charge in [0.2, 0.25) is 11.8 Å². The topological polar surface area (TPSA) is 81.3 Å². The Balaban J connectivity index is 2.75. The lowest BCUT2D eigenvalue weighted by molar-refractivity contribution is 0.197.